The number of carbonyl (C=O) groups excluding carboxylic acids is 4. The molecule has 11 heteroatoms. The van der Waals surface area contributed by atoms with E-state index in [2.05, 4.69) is 0 Å². The van der Waals surface area contributed by atoms with Crippen LogP contribution in [0.3, 0.4) is 0 Å². The topological polar surface area (TPSA) is 162 Å². The molecule has 2 saturated heterocycles. The summed E-state index contributed by atoms with van der Waals surface area (Å²) in [5.41, 5.74) is -6.04. The van der Waals surface area contributed by atoms with E-state index in [0.717, 1.165) is 7.11 Å². The quantitative estimate of drug-likeness (QED) is 0.169. The molecule has 1 spiro atoms. The van der Waals surface area contributed by atoms with Gasteiger partial charge in [-0.2, -0.15) is 0 Å². The third kappa shape index (κ3) is 3.47. The van der Waals surface area contributed by atoms with E-state index < -0.39 is 87.4 Å². The van der Waals surface area contributed by atoms with Crippen LogP contribution in [0.2, 0.25) is 0 Å². The van der Waals surface area contributed by atoms with Crippen LogP contribution in [0.5, 0.6) is 0 Å². The van der Waals surface area contributed by atoms with Gasteiger partial charge in [-0.3, -0.25) is 9.59 Å². The first kappa shape index (κ1) is 29.8. The molecule has 0 amide bonds. The van der Waals surface area contributed by atoms with Gasteiger partial charge >= 0.3 is 17.9 Å². The molecule has 0 unspecified atom stereocenters. The van der Waals surface area contributed by atoms with Gasteiger partial charge in [0.25, 0.3) is 0 Å². The molecule has 6 rings (SSSR count). The molecule has 2 aliphatic heterocycles. The van der Waals surface area contributed by atoms with Crippen LogP contribution in [0.15, 0.2) is 46.3 Å². The van der Waals surface area contributed by atoms with Crippen LogP contribution in [0.25, 0.3) is 0 Å². The Labute approximate surface area is 249 Å². The summed E-state index contributed by atoms with van der Waals surface area (Å²) in [6.45, 7) is 10.1. The third-order valence-corrected chi connectivity index (χ3v) is 11.2. The smallest absolute Gasteiger partial charge is 0.335 e. The summed E-state index contributed by atoms with van der Waals surface area (Å²) in [6.07, 6.45) is 1.54. The Kier molecular flexibility index (Phi) is 6.32. The summed E-state index contributed by atoms with van der Waals surface area (Å²) in [4.78, 5) is 54.0. The van der Waals surface area contributed by atoms with Crippen LogP contribution in [0.1, 0.15) is 66.1 Å². The fourth-order valence-corrected chi connectivity index (χ4v) is 9.23. The number of ether oxygens (including phenoxy) is 4. The van der Waals surface area contributed by atoms with Gasteiger partial charge in [0.05, 0.1) is 31.5 Å². The van der Waals surface area contributed by atoms with Crippen LogP contribution < -0.4 is 0 Å². The molecule has 4 fully saturated rings. The molecule has 3 aliphatic carbocycles. The van der Waals surface area contributed by atoms with Gasteiger partial charge in [0.2, 0.25) is 0 Å². The number of ketones is 1. The summed E-state index contributed by atoms with van der Waals surface area (Å²) in [6, 6.07) is 1.73. The Bertz CT molecular complexity index is 1470. The van der Waals surface area contributed by atoms with Crippen molar-refractivity contribution in [2.75, 3.05) is 7.11 Å². The highest BCUT2D eigenvalue weighted by molar-refractivity contribution is 6.02. The maximum absolute atomic E-state index is 14.7. The average Bonchev–Trinajstić information content (AvgIpc) is 3.45. The molecule has 1 aromatic heterocycles. The van der Waals surface area contributed by atoms with Crippen molar-refractivity contribution in [1.82, 2.24) is 0 Å². The Morgan fingerprint density at radius 2 is 1.88 bits per heavy atom. The Morgan fingerprint density at radius 3 is 2.49 bits per heavy atom. The van der Waals surface area contributed by atoms with Crippen molar-refractivity contribution in [3.63, 3.8) is 0 Å². The number of fused-ring (bicyclic) bond motifs is 5. The largest absolute Gasteiger partial charge is 0.472 e. The van der Waals surface area contributed by atoms with Gasteiger partial charge in [0.1, 0.15) is 23.9 Å². The first-order valence-electron chi connectivity index (χ1n) is 14.5. The predicted molar refractivity (Wildman–Crippen MR) is 147 cm³/mol. The number of hydrogen-bond acceptors (Lipinski definition) is 11. The van der Waals surface area contributed by atoms with Crippen molar-refractivity contribution in [2.24, 2.45) is 28.1 Å². The Balaban J connectivity index is 1.59. The predicted octanol–water partition coefficient (Wildman–Crippen LogP) is 2.75. The van der Waals surface area contributed by atoms with Crippen molar-refractivity contribution in [2.45, 2.75) is 90.0 Å². The molecule has 1 aromatic rings. The van der Waals surface area contributed by atoms with Gasteiger partial charge in [0, 0.05) is 33.8 Å². The molecule has 10 atom stereocenters. The average molecular weight is 599 g/mol. The summed E-state index contributed by atoms with van der Waals surface area (Å²) in [5.74, 6) is -4.71. The minimum absolute atomic E-state index is 0.0607. The standard InChI is InChI=1S/C32H38O11/c1-8-15(2)23(35)42-26-28(3,4)21(20(34)24(36)39-7)30(6)17-9-11-29(5)18(32(17)27(43-32)31(26,38)25(30)37)13-19(33)41-22(29)16-10-12-40-14-16/h8-10,12,14,18,20-22,26-27,34,38H,11,13H2,1-7H3/b15-8+/t18-,20+,21+,22+,26+,27-,29-,30-,31+,32-/m1/s1. The monoisotopic (exact) mass is 598 g/mol. The lowest BCUT2D eigenvalue weighted by molar-refractivity contribution is -0.236. The second-order valence-electron chi connectivity index (χ2n) is 13.7. The van der Waals surface area contributed by atoms with Crippen LogP contribution in [0, 0.1) is 28.1 Å². The summed E-state index contributed by atoms with van der Waals surface area (Å²) < 4.78 is 28.5. The van der Waals surface area contributed by atoms with Crippen LogP contribution in [-0.2, 0) is 38.1 Å². The molecular weight excluding hydrogens is 560 g/mol. The van der Waals surface area contributed by atoms with Gasteiger partial charge in [-0.25, -0.2) is 9.59 Å². The number of Topliss-reactive ketones (excluding diaryl/α,β-unsaturated/α-hetero) is 1. The third-order valence-electron chi connectivity index (χ3n) is 11.2. The van der Waals surface area contributed by atoms with E-state index in [1.807, 2.05) is 13.0 Å². The molecular formula is C32H38O11. The number of carbonyl (C=O) groups is 4. The van der Waals surface area contributed by atoms with E-state index in [-0.39, 0.29) is 12.0 Å². The summed E-state index contributed by atoms with van der Waals surface area (Å²) in [7, 11) is 1.13. The van der Waals surface area contributed by atoms with Gasteiger partial charge in [0.15, 0.2) is 17.5 Å². The lowest BCUT2D eigenvalue weighted by Crippen LogP contribution is -2.79. The fraction of sp³-hybridized carbons (Fsp3) is 0.625. The number of methoxy groups -OCH3 is 1. The Hall–Kier alpha value is -3.28. The number of aliphatic hydroxyl groups excluding tert-OH is 1. The van der Waals surface area contributed by atoms with Gasteiger partial charge < -0.3 is 33.6 Å². The van der Waals surface area contributed by atoms with Crippen LogP contribution >= 0.6 is 0 Å². The highest BCUT2D eigenvalue weighted by Crippen LogP contribution is 2.77. The molecule has 3 heterocycles. The van der Waals surface area contributed by atoms with E-state index in [0.29, 0.717) is 17.6 Å². The van der Waals surface area contributed by atoms with Gasteiger partial charge in [-0.1, -0.05) is 32.9 Å². The number of furan rings is 1. The molecule has 2 saturated carbocycles. The molecule has 11 nitrogen and oxygen atoms in total. The SMILES string of the molecule is C/C=C(\C)C(=O)O[C@H]1C(C)(C)[C@H]([C@H](O)C(=O)OC)[C@]2(C)C(=O)[C@@]1(O)[C@H]1O[C@@]13C2=CC[C@]1(C)[C@H]3CC(=O)O[C@H]1c1ccoc1. The number of hydrogen-bond donors (Lipinski definition) is 2. The van der Waals surface area contributed by atoms with Crippen molar-refractivity contribution < 1.29 is 52.8 Å². The first-order valence-corrected chi connectivity index (χ1v) is 14.5. The van der Waals surface area contributed by atoms with Crippen LogP contribution in [-0.4, -0.2) is 70.5 Å². The second kappa shape index (κ2) is 9.12. The number of esters is 3. The molecule has 5 aliphatic rings. The van der Waals surface area contributed by atoms with Crippen molar-refractivity contribution in [1.29, 1.82) is 0 Å². The molecule has 0 radical (unpaired) electrons. The minimum Gasteiger partial charge on any atom is -0.472 e. The zero-order valence-corrected chi connectivity index (χ0v) is 25.3. The zero-order chi connectivity index (χ0) is 31.5. The van der Waals surface area contributed by atoms with E-state index in [1.165, 1.54) is 12.5 Å². The highest BCUT2D eigenvalue weighted by Gasteiger charge is 2.89. The molecule has 2 N–H and O–H groups in total. The van der Waals surface area contributed by atoms with E-state index >= 15 is 0 Å². The number of allylic oxidation sites excluding steroid dienone is 2. The number of epoxide rings is 1. The van der Waals surface area contributed by atoms with Gasteiger partial charge in [-0.15, -0.1) is 0 Å². The lowest BCUT2D eigenvalue weighted by Gasteiger charge is -2.64. The zero-order valence-electron chi connectivity index (χ0n) is 25.3. The van der Waals surface area contributed by atoms with Crippen molar-refractivity contribution in [3.05, 3.63) is 47.5 Å². The second-order valence-corrected chi connectivity index (χ2v) is 13.7. The van der Waals surface area contributed by atoms with Crippen molar-refractivity contribution >= 4 is 23.7 Å². The van der Waals surface area contributed by atoms with E-state index in [4.69, 9.17) is 23.4 Å². The molecule has 2 bridgehead atoms. The molecule has 43 heavy (non-hydrogen) atoms. The number of cyclic esters (lactones) is 1. The highest BCUT2D eigenvalue weighted by atomic mass is 16.6. The van der Waals surface area contributed by atoms with E-state index in [9.17, 15) is 29.4 Å². The van der Waals surface area contributed by atoms with E-state index in [1.54, 1.807) is 46.8 Å². The minimum atomic E-state index is -2.36. The summed E-state index contributed by atoms with van der Waals surface area (Å²) in [5, 5.41) is 24.2. The fourth-order valence-electron chi connectivity index (χ4n) is 9.23. The molecule has 0 aromatic carbocycles. The van der Waals surface area contributed by atoms with Crippen LogP contribution in [0.4, 0.5) is 0 Å². The number of aliphatic hydroxyl groups is 2. The normalized spacial score (nSPS) is 43.2. The maximum atomic E-state index is 14.7. The van der Waals surface area contributed by atoms with Gasteiger partial charge in [-0.05, 0) is 38.8 Å². The summed E-state index contributed by atoms with van der Waals surface area (Å²) >= 11 is 0. The first-order chi connectivity index (χ1) is 20.1. The molecule has 232 valence electrons. The lowest BCUT2D eigenvalue weighted by atomic mass is 9.38. The maximum Gasteiger partial charge on any atom is 0.335 e. The Morgan fingerprint density at radius 1 is 1.19 bits per heavy atom. The van der Waals surface area contributed by atoms with Crippen molar-refractivity contribution in [3.8, 4) is 0 Å². The number of rotatable bonds is 5.